The molecule has 1 aromatic carbocycles. The van der Waals surface area contributed by atoms with Gasteiger partial charge >= 0.3 is 0 Å². The van der Waals surface area contributed by atoms with Crippen molar-refractivity contribution in [2.75, 3.05) is 13.1 Å². The van der Waals surface area contributed by atoms with Gasteiger partial charge in [0, 0.05) is 26.1 Å². The van der Waals surface area contributed by atoms with Crippen molar-refractivity contribution in [3.05, 3.63) is 35.4 Å². The first-order valence-electron chi connectivity index (χ1n) is 5.85. The van der Waals surface area contributed by atoms with E-state index in [0.717, 1.165) is 37.9 Å². The molecule has 16 heavy (non-hydrogen) atoms. The fourth-order valence-electron chi connectivity index (χ4n) is 2.12. The minimum atomic E-state index is 0.301. The zero-order valence-corrected chi connectivity index (χ0v) is 9.48. The summed E-state index contributed by atoms with van der Waals surface area (Å²) in [5.74, 6) is 0.301. The summed E-state index contributed by atoms with van der Waals surface area (Å²) in [6.45, 7) is 2.35. The molecule has 1 heterocycles. The zero-order chi connectivity index (χ0) is 11.4. The van der Waals surface area contributed by atoms with Crippen molar-refractivity contribution in [1.29, 1.82) is 0 Å². The fraction of sp³-hybridized carbons (Fsp3) is 0.462. The molecule has 1 saturated heterocycles. The van der Waals surface area contributed by atoms with Gasteiger partial charge in [-0.25, -0.2) is 0 Å². The number of benzene rings is 1. The van der Waals surface area contributed by atoms with Crippen molar-refractivity contribution < 1.29 is 4.79 Å². The van der Waals surface area contributed by atoms with Gasteiger partial charge in [-0.2, -0.15) is 0 Å². The van der Waals surface area contributed by atoms with E-state index in [0.29, 0.717) is 12.5 Å². The Labute approximate surface area is 96.2 Å². The lowest BCUT2D eigenvalue weighted by atomic mass is 10.1. The molecule has 0 atom stereocenters. The number of hydrogen-bond donors (Lipinski definition) is 1. The summed E-state index contributed by atoms with van der Waals surface area (Å²) in [6.07, 6.45) is 2.67. The molecule has 3 heteroatoms. The first kappa shape index (κ1) is 11.1. The molecule has 0 spiro atoms. The van der Waals surface area contributed by atoms with Crippen LogP contribution in [0, 0.1) is 0 Å². The molecule has 0 unspecified atom stereocenters. The van der Waals surface area contributed by atoms with Crippen molar-refractivity contribution in [3.63, 3.8) is 0 Å². The number of nitrogens with zero attached hydrogens (tertiary/aromatic N) is 1. The first-order chi connectivity index (χ1) is 7.79. The zero-order valence-electron chi connectivity index (χ0n) is 9.48. The highest BCUT2D eigenvalue weighted by Gasteiger charge is 2.19. The number of hydrogen-bond acceptors (Lipinski definition) is 2. The normalized spacial score (nSPS) is 15.8. The van der Waals surface area contributed by atoms with Gasteiger partial charge in [0.1, 0.15) is 0 Å². The summed E-state index contributed by atoms with van der Waals surface area (Å²) >= 11 is 0. The van der Waals surface area contributed by atoms with Gasteiger partial charge < -0.3 is 10.6 Å². The smallest absolute Gasteiger partial charge is 0.222 e. The van der Waals surface area contributed by atoms with Crippen molar-refractivity contribution in [2.45, 2.75) is 25.8 Å². The van der Waals surface area contributed by atoms with Crippen LogP contribution in [-0.4, -0.2) is 23.9 Å². The van der Waals surface area contributed by atoms with Crippen molar-refractivity contribution in [2.24, 2.45) is 5.73 Å². The SMILES string of the molecule is NCc1cccc(CCN2CCCC2=O)c1. The Morgan fingerprint density at radius 2 is 2.12 bits per heavy atom. The summed E-state index contributed by atoms with van der Waals surface area (Å²) in [6, 6.07) is 8.29. The van der Waals surface area contributed by atoms with E-state index in [2.05, 4.69) is 12.1 Å². The number of rotatable bonds is 4. The lowest BCUT2D eigenvalue weighted by Crippen LogP contribution is -2.26. The van der Waals surface area contributed by atoms with Crippen LogP contribution in [0.3, 0.4) is 0 Å². The molecule has 1 amide bonds. The van der Waals surface area contributed by atoms with E-state index < -0.39 is 0 Å². The monoisotopic (exact) mass is 218 g/mol. The largest absolute Gasteiger partial charge is 0.342 e. The molecule has 3 nitrogen and oxygen atoms in total. The van der Waals surface area contributed by atoms with E-state index in [9.17, 15) is 4.79 Å². The van der Waals surface area contributed by atoms with E-state index in [4.69, 9.17) is 5.73 Å². The Kier molecular flexibility index (Phi) is 3.57. The van der Waals surface area contributed by atoms with E-state index >= 15 is 0 Å². The van der Waals surface area contributed by atoms with E-state index in [1.165, 1.54) is 5.56 Å². The summed E-state index contributed by atoms with van der Waals surface area (Å²) in [5.41, 5.74) is 8.02. The molecular weight excluding hydrogens is 200 g/mol. The molecule has 1 aliphatic rings. The van der Waals surface area contributed by atoms with Crippen molar-refractivity contribution in [3.8, 4) is 0 Å². The molecule has 0 aliphatic carbocycles. The molecule has 1 aromatic rings. The Morgan fingerprint density at radius 1 is 1.31 bits per heavy atom. The summed E-state index contributed by atoms with van der Waals surface area (Å²) in [4.78, 5) is 13.4. The van der Waals surface area contributed by atoms with Gasteiger partial charge in [-0.1, -0.05) is 24.3 Å². The number of likely N-dealkylation sites (tertiary alicyclic amines) is 1. The second-order valence-corrected chi connectivity index (χ2v) is 4.26. The Bertz CT molecular complexity index is 376. The molecule has 0 bridgehead atoms. The minimum Gasteiger partial charge on any atom is -0.342 e. The summed E-state index contributed by atoms with van der Waals surface area (Å²) in [7, 11) is 0. The van der Waals surface area contributed by atoms with Crippen LogP contribution in [0.25, 0.3) is 0 Å². The number of amides is 1. The molecule has 86 valence electrons. The molecule has 0 radical (unpaired) electrons. The maximum absolute atomic E-state index is 11.4. The Morgan fingerprint density at radius 3 is 2.81 bits per heavy atom. The molecule has 1 fully saturated rings. The minimum absolute atomic E-state index is 0.301. The number of carbonyl (C=O) groups is 1. The maximum atomic E-state index is 11.4. The second-order valence-electron chi connectivity index (χ2n) is 4.26. The fourth-order valence-corrected chi connectivity index (χ4v) is 2.12. The third-order valence-corrected chi connectivity index (χ3v) is 3.07. The average molecular weight is 218 g/mol. The van der Waals surface area contributed by atoms with Gasteiger partial charge in [0.2, 0.25) is 5.91 Å². The molecule has 0 aromatic heterocycles. The first-order valence-corrected chi connectivity index (χ1v) is 5.85. The molecule has 2 N–H and O–H groups in total. The van der Waals surface area contributed by atoms with Crippen LogP contribution in [0.2, 0.25) is 0 Å². The van der Waals surface area contributed by atoms with Crippen LogP contribution in [0.15, 0.2) is 24.3 Å². The lowest BCUT2D eigenvalue weighted by molar-refractivity contribution is -0.127. The number of carbonyl (C=O) groups excluding carboxylic acids is 1. The summed E-state index contributed by atoms with van der Waals surface area (Å²) in [5, 5.41) is 0. The predicted octanol–water partition coefficient (Wildman–Crippen LogP) is 1.31. The van der Waals surface area contributed by atoms with Crippen LogP contribution in [0.4, 0.5) is 0 Å². The molecule has 1 aliphatic heterocycles. The Balaban J connectivity index is 1.91. The van der Waals surface area contributed by atoms with Crippen LogP contribution in [0.1, 0.15) is 24.0 Å². The van der Waals surface area contributed by atoms with Gasteiger partial charge in [0.05, 0.1) is 0 Å². The topological polar surface area (TPSA) is 46.3 Å². The standard InChI is InChI=1S/C13H18N2O/c14-10-12-4-1-3-11(9-12)6-8-15-7-2-5-13(15)16/h1,3-4,9H,2,5-8,10,14H2. The summed E-state index contributed by atoms with van der Waals surface area (Å²) < 4.78 is 0. The van der Waals surface area contributed by atoms with Crippen molar-refractivity contribution >= 4 is 5.91 Å². The second kappa shape index (κ2) is 5.12. The quantitative estimate of drug-likeness (QED) is 0.828. The van der Waals surface area contributed by atoms with Crippen LogP contribution < -0.4 is 5.73 Å². The van der Waals surface area contributed by atoms with E-state index in [-0.39, 0.29) is 0 Å². The van der Waals surface area contributed by atoms with Crippen LogP contribution in [-0.2, 0) is 17.8 Å². The van der Waals surface area contributed by atoms with Gasteiger partial charge in [-0.15, -0.1) is 0 Å². The Hall–Kier alpha value is -1.35. The van der Waals surface area contributed by atoms with Crippen LogP contribution in [0.5, 0.6) is 0 Å². The highest BCUT2D eigenvalue weighted by Crippen LogP contribution is 2.11. The third-order valence-electron chi connectivity index (χ3n) is 3.07. The predicted molar refractivity (Wildman–Crippen MR) is 63.9 cm³/mol. The lowest BCUT2D eigenvalue weighted by Gasteiger charge is -2.15. The van der Waals surface area contributed by atoms with Gasteiger partial charge in [0.25, 0.3) is 0 Å². The average Bonchev–Trinajstić information content (AvgIpc) is 2.72. The van der Waals surface area contributed by atoms with Crippen LogP contribution >= 0.6 is 0 Å². The molecular formula is C13H18N2O. The van der Waals surface area contributed by atoms with Crippen molar-refractivity contribution in [1.82, 2.24) is 4.90 Å². The number of nitrogens with two attached hydrogens (primary N) is 1. The highest BCUT2D eigenvalue weighted by atomic mass is 16.2. The third kappa shape index (κ3) is 2.61. The van der Waals surface area contributed by atoms with E-state index in [1.807, 2.05) is 17.0 Å². The maximum Gasteiger partial charge on any atom is 0.222 e. The molecule has 2 rings (SSSR count). The van der Waals surface area contributed by atoms with E-state index in [1.54, 1.807) is 0 Å². The highest BCUT2D eigenvalue weighted by molar-refractivity contribution is 5.78. The molecule has 0 saturated carbocycles. The van der Waals surface area contributed by atoms with Gasteiger partial charge in [0.15, 0.2) is 0 Å². The van der Waals surface area contributed by atoms with Gasteiger partial charge in [-0.3, -0.25) is 4.79 Å². The van der Waals surface area contributed by atoms with Gasteiger partial charge in [-0.05, 0) is 24.0 Å².